The number of fused-ring (bicyclic) bond motifs is 2. The van der Waals surface area contributed by atoms with Crippen molar-refractivity contribution in [1.29, 1.82) is 0 Å². The molecule has 0 bridgehead atoms. The SMILES string of the molecule is CCN1Cc2ccc(Cl)cc2C2(CC(O[Si](C)(C)C(C)(C)C)C2)C1=O. The maximum absolute atomic E-state index is 13.2. The van der Waals surface area contributed by atoms with Crippen molar-refractivity contribution in [3.63, 3.8) is 0 Å². The highest BCUT2D eigenvalue weighted by Crippen LogP contribution is 2.52. The largest absolute Gasteiger partial charge is 0.414 e. The van der Waals surface area contributed by atoms with Crippen molar-refractivity contribution in [3.05, 3.63) is 34.3 Å². The number of hydrogen-bond donors (Lipinski definition) is 0. The molecule has 1 aromatic carbocycles. The van der Waals surface area contributed by atoms with E-state index in [9.17, 15) is 4.79 Å². The summed E-state index contributed by atoms with van der Waals surface area (Å²) in [6, 6.07) is 6.01. The normalized spacial score (nSPS) is 26.6. The van der Waals surface area contributed by atoms with Crippen LogP contribution in [0, 0.1) is 0 Å². The van der Waals surface area contributed by atoms with Gasteiger partial charge in [-0.2, -0.15) is 0 Å². The molecule has 1 fully saturated rings. The zero-order valence-corrected chi connectivity index (χ0v) is 18.0. The molecular formula is C20H30ClNO2Si. The van der Waals surface area contributed by atoms with Crippen molar-refractivity contribution in [2.24, 2.45) is 0 Å². The van der Waals surface area contributed by atoms with E-state index in [2.05, 4.69) is 46.9 Å². The average Bonchev–Trinajstić information content (AvgIpc) is 2.46. The summed E-state index contributed by atoms with van der Waals surface area (Å²) in [4.78, 5) is 15.2. The van der Waals surface area contributed by atoms with Gasteiger partial charge in [-0.3, -0.25) is 4.79 Å². The number of nitrogens with zero attached hydrogens (tertiary/aromatic N) is 1. The minimum absolute atomic E-state index is 0.175. The first kappa shape index (κ1) is 18.9. The predicted molar refractivity (Wildman–Crippen MR) is 106 cm³/mol. The van der Waals surface area contributed by atoms with Crippen molar-refractivity contribution in [2.75, 3.05) is 6.54 Å². The number of rotatable bonds is 3. The van der Waals surface area contributed by atoms with Gasteiger partial charge in [0, 0.05) is 24.2 Å². The Morgan fingerprint density at radius 1 is 1.32 bits per heavy atom. The third-order valence-electron chi connectivity index (χ3n) is 6.45. The first-order valence-electron chi connectivity index (χ1n) is 9.26. The van der Waals surface area contributed by atoms with Crippen molar-refractivity contribution in [1.82, 2.24) is 4.90 Å². The maximum atomic E-state index is 13.2. The van der Waals surface area contributed by atoms with Crippen LogP contribution in [0.3, 0.4) is 0 Å². The van der Waals surface area contributed by atoms with Gasteiger partial charge in [0.05, 0.1) is 5.41 Å². The highest BCUT2D eigenvalue weighted by Gasteiger charge is 2.57. The highest BCUT2D eigenvalue weighted by molar-refractivity contribution is 6.74. The second-order valence-electron chi connectivity index (χ2n) is 9.11. The molecule has 0 atom stereocenters. The molecule has 1 spiro atoms. The maximum Gasteiger partial charge on any atom is 0.233 e. The molecule has 25 heavy (non-hydrogen) atoms. The van der Waals surface area contributed by atoms with Crippen LogP contribution < -0.4 is 0 Å². The van der Waals surface area contributed by atoms with Crippen LogP contribution in [0.25, 0.3) is 0 Å². The van der Waals surface area contributed by atoms with Gasteiger partial charge in [0.15, 0.2) is 8.32 Å². The summed E-state index contributed by atoms with van der Waals surface area (Å²) in [5.41, 5.74) is 1.93. The lowest BCUT2D eigenvalue weighted by atomic mass is 9.59. The van der Waals surface area contributed by atoms with Crippen LogP contribution >= 0.6 is 11.6 Å². The second-order valence-corrected chi connectivity index (χ2v) is 14.3. The van der Waals surface area contributed by atoms with E-state index in [1.165, 1.54) is 5.56 Å². The molecule has 1 aliphatic heterocycles. The summed E-state index contributed by atoms with van der Waals surface area (Å²) in [5, 5.41) is 0.896. The highest BCUT2D eigenvalue weighted by atomic mass is 35.5. The standard InChI is InChI=1S/C20H30ClNO2Si/c1-7-22-13-14-8-9-15(21)10-17(14)20(18(22)23)11-16(12-20)24-25(5,6)19(2,3)4/h8-10,16H,7,11-13H2,1-6H3. The van der Waals surface area contributed by atoms with Crippen molar-refractivity contribution >= 4 is 25.8 Å². The van der Waals surface area contributed by atoms with Gasteiger partial charge in [-0.1, -0.05) is 38.4 Å². The van der Waals surface area contributed by atoms with Gasteiger partial charge in [-0.05, 0) is 61.2 Å². The summed E-state index contributed by atoms with van der Waals surface area (Å²) in [6.07, 6.45) is 1.73. The lowest BCUT2D eigenvalue weighted by Gasteiger charge is -2.54. The Morgan fingerprint density at radius 2 is 1.96 bits per heavy atom. The molecule has 1 amide bonds. The average molecular weight is 380 g/mol. The van der Waals surface area contributed by atoms with Gasteiger partial charge >= 0.3 is 0 Å². The van der Waals surface area contributed by atoms with Gasteiger partial charge < -0.3 is 9.33 Å². The fourth-order valence-electron chi connectivity index (χ4n) is 3.87. The minimum atomic E-state index is -1.82. The van der Waals surface area contributed by atoms with E-state index < -0.39 is 13.7 Å². The Bertz CT molecular complexity index is 689. The van der Waals surface area contributed by atoms with E-state index >= 15 is 0 Å². The number of carbonyl (C=O) groups is 1. The fourth-order valence-corrected chi connectivity index (χ4v) is 5.40. The van der Waals surface area contributed by atoms with Gasteiger partial charge in [-0.15, -0.1) is 0 Å². The fraction of sp³-hybridized carbons (Fsp3) is 0.650. The Labute approximate surface area is 157 Å². The van der Waals surface area contributed by atoms with Gasteiger partial charge in [-0.25, -0.2) is 0 Å². The van der Waals surface area contributed by atoms with Crippen LogP contribution in [0.4, 0.5) is 0 Å². The van der Waals surface area contributed by atoms with Crippen molar-refractivity contribution < 1.29 is 9.22 Å². The van der Waals surface area contributed by atoms with Crippen LogP contribution in [0.2, 0.25) is 23.2 Å². The van der Waals surface area contributed by atoms with Gasteiger partial charge in [0.2, 0.25) is 5.91 Å². The van der Waals surface area contributed by atoms with E-state index in [0.29, 0.717) is 11.6 Å². The number of hydrogen-bond acceptors (Lipinski definition) is 2. The second kappa shape index (κ2) is 6.10. The summed E-state index contributed by atoms with van der Waals surface area (Å²) in [5.74, 6) is 0.250. The molecule has 1 aromatic rings. The smallest absolute Gasteiger partial charge is 0.233 e. The minimum Gasteiger partial charge on any atom is -0.414 e. The molecule has 0 aromatic heterocycles. The zero-order valence-electron chi connectivity index (χ0n) is 16.3. The quantitative estimate of drug-likeness (QED) is 0.682. The number of carbonyl (C=O) groups excluding carboxylic acids is 1. The van der Waals surface area contributed by atoms with Gasteiger partial charge in [0.25, 0.3) is 0 Å². The molecule has 138 valence electrons. The Morgan fingerprint density at radius 3 is 2.52 bits per heavy atom. The van der Waals surface area contributed by atoms with E-state index in [1.807, 2.05) is 17.0 Å². The number of likely N-dealkylation sites (N-methyl/N-ethyl adjacent to an activating group) is 1. The lowest BCUT2D eigenvalue weighted by Crippen LogP contribution is -2.61. The lowest BCUT2D eigenvalue weighted by molar-refractivity contribution is -0.147. The Hall–Kier alpha value is -0.843. The third-order valence-corrected chi connectivity index (χ3v) is 11.2. The molecular weight excluding hydrogens is 350 g/mol. The number of halogens is 1. The summed E-state index contributed by atoms with van der Waals surface area (Å²) in [7, 11) is -1.82. The molecule has 0 unspecified atom stereocenters. The number of benzene rings is 1. The first-order chi connectivity index (χ1) is 11.5. The van der Waals surface area contributed by atoms with Crippen LogP contribution in [-0.2, 0) is 21.2 Å². The van der Waals surface area contributed by atoms with E-state index in [0.717, 1.165) is 24.9 Å². The molecule has 1 saturated carbocycles. The predicted octanol–water partition coefficient (Wildman–Crippen LogP) is 5.12. The molecule has 0 saturated heterocycles. The first-order valence-corrected chi connectivity index (χ1v) is 12.5. The van der Waals surface area contributed by atoms with E-state index in [1.54, 1.807) is 0 Å². The van der Waals surface area contributed by atoms with Crippen molar-refractivity contribution in [3.8, 4) is 0 Å². The van der Waals surface area contributed by atoms with Crippen LogP contribution in [0.15, 0.2) is 18.2 Å². The monoisotopic (exact) mass is 379 g/mol. The molecule has 5 heteroatoms. The third kappa shape index (κ3) is 3.06. The van der Waals surface area contributed by atoms with Crippen molar-refractivity contribution in [2.45, 2.75) is 76.7 Å². The molecule has 3 rings (SSSR count). The molecule has 3 nitrogen and oxygen atoms in total. The molecule has 2 aliphatic rings. The molecule has 1 aliphatic carbocycles. The zero-order chi connectivity index (χ0) is 18.6. The Balaban J connectivity index is 1.88. The topological polar surface area (TPSA) is 29.5 Å². The molecule has 1 heterocycles. The van der Waals surface area contributed by atoms with Crippen LogP contribution in [-0.4, -0.2) is 31.8 Å². The summed E-state index contributed by atoms with van der Waals surface area (Å²) < 4.78 is 6.56. The van der Waals surface area contributed by atoms with Crippen LogP contribution in [0.1, 0.15) is 51.7 Å². The number of amides is 1. The summed E-state index contributed by atoms with van der Waals surface area (Å²) in [6.45, 7) is 14.8. The molecule has 0 radical (unpaired) electrons. The van der Waals surface area contributed by atoms with E-state index in [-0.39, 0.29) is 17.0 Å². The molecule has 0 N–H and O–H groups in total. The van der Waals surface area contributed by atoms with Gasteiger partial charge in [0.1, 0.15) is 0 Å². The Kier molecular flexibility index (Phi) is 4.62. The van der Waals surface area contributed by atoms with Crippen LogP contribution in [0.5, 0.6) is 0 Å². The summed E-state index contributed by atoms with van der Waals surface area (Å²) >= 11 is 6.26. The van der Waals surface area contributed by atoms with E-state index in [4.69, 9.17) is 16.0 Å².